The van der Waals surface area contributed by atoms with E-state index in [-0.39, 0.29) is 5.95 Å². The highest BCUT2D eigenvalue weighted by Crippen LogP contribution is 2.20. The third-order valence-electron chi connectivity index (χ3n) is 6.85. The van der Waals surface area contributed by atoms with Crippen molar-refractivity contribution in [3.63, 3.8) is 0 Å². The van der Waals surface area contributed by atoms with Gasteiger partial charge < -0.3 is 20.5 Å². The van der Waals surface area contributed by atoms with Gasteiger partial charge in [-0.25, -0.2) is 19.7 Å². The van der Waals surface area contributed by atoms with Crippen LogP contribution in [0.25, 0.3) is 0 Å². The van der Waals surface area contributed by atoms with Crippen molar-refractivity contribution >= 4 is 17.7 Å². The molecule has 3 N–H and O–H groups in total. The number of anilines is 2. The van der Waals surface area contributed by atoms with Gasteiger partial charge in [0.05, 0.1) is 23.7 Å². The minimum absolute atomic E-state index is 0.181. The summed E-state index contributed by atoms with van der Waals surface area (Å²) in [6.45, 7) is 5.35. The second-order valence-electron chi connectivity index (χ2n) is 9.81. The molecule has 11 heteroatoms. The number of ether oxygens (including phenoxy) is 1. The summed E-state index contributed by atoms with van der Waals surface area (Å²) in [4.78, 5) is 31.4. The Hall–Kier alpha value is -4.30. The van der Waals surface area contributed by atoms with Gasteiger partial charge in [-0.3, -0.25) is 9.88 Å². The minimum atomic E-state index is -0.984. The molecule has 1 atom stereocenters. The lowest BCUT2D eigenvalue weighted by Crippen LogP contribution is -2.37. The topological polar surface area (TPSA) is 149 Å². The SMILES string of the molecule is Cc1ncccc1OCCN(CCCCc1ccc2c(n1)NCCC2)CCC(Nc1ncc(C#N)cn1)C(=O)O. The number of carboxylic acids is 1. The molecule has 4 heterocycles. The molecular weight excluding hydrogens is 508 g/mol. The molecule has 1 unspecified atom stereocenters. The maximum absolute atomic E-state index is 12.0. The number of unbranched alkanes of at least 4 members (excludes halogenated alkanes) is 1. The van der Waals surface area contributed by atoms with Gasteiger partial charge in [0.15, 0.2) is 0 Å². The van der Waals surface area contributed by atoms with Crippen LogP contribution in [0.1, 0.15) is 48.2 Å². The van der Waals surface area contributed by atoms with Gasteiger partial charge in [-0.1, -0.05) is 6.07 Å². The second kappa shape index (κ2) is 14.7. The molecule has 1 aliphatic rings. The molecule has 0 aromatic carbocycles. The summed E-state index contributed by atoms with van der Waals surface area (Å²) in [5.74, 6) is 0.965. The Bertz CT molecular complexity index is 1300. The number of nitrogens with one attached hydrogen (secondary N) is 2. The van der Waals surface area contributed by atoms with E-state index >= 15 is 0 Å². The summed E-state index contributed by atoms with van der Waals surface area (Å²) < 4.78 is 5.97. The van der Waals surface area contributed by atoms with Gasteiger partial charge in [0.25, 0.3) is 0 Å². The van der Waals surface area contributed by atoms with E-state index in [2.05, 4.69) is 42.6 Å². The Morgan fingerprint density at radius 3 is 2.83 bits per heavy atom. The summed E-state index contributed by atoms with van der Waals surface area (Å²) in [7, 11) is 0. The van der Waals surface area contributed by atoms with Crippen molar-refractivity contribution in [1.29, 1.82) is 5.26 Å². The zero-order valence-electron chi connectivity index (χ0n) is 22.8. The van der Waals surface area contributed by atoms with Crippen LogP contribution in [0.2, 0.25) is 0 Å². The fourth-order valence-corrected chi connectivity index (χ4v) is 4.58. The molecule has 0 spiro atoms. The molecule has 0 saturated heterocycles. The summed E-state index contributed by atoms with van der Waals surface area (Å²) in [5, 5.41) is 25.0. The summed E-state index contributed by atoms with van der Waals surface area (Å²) >= 11 is 0. The molecule has 4 rings (SSSR count). The van der Waals surface area contributed by atoms with Gasteiger partial charge in [-0.15, -0.1) is 0 Å². The van der Waals surface area contributed by atoms with Crippen molar-refractivity contribution < 1.29 is 14.6 Å². The summed E-state index contributed by atoms with van der Waals surface area (Å²) in [6, 6.07) is 9.14. The second-order valence-corrected chi connectivity index (χ2v) is 9.81. The largest absolute Gasteiger partial charge is 0.490 e. The minimum Gasteiger partial charge on any atom is -0.490 e. The fraction of sp³-hybridized carbons (Fsp3) is 0.448. The van der Waals surface area contributed by atoms with Crippen molar-refractivity contribution in [2.24, 2.45) is 0 Å². The van der Waals surface area contributed by atoms with Crippen LogP contribution < -0.4 is 15.4 Å². The van der Waals surface area contributed by atoms with Crippen LogP contribution in [-0.4, -0.2) is 74.7 Å². The van der Waals surface area contributed by atoms with Gasteiger partial charge in [0, 0.05) is 31.5 Å². The van der Waals surface area contributed by atoms with Gasteiger partial charge in [-0.2, -0.15) is 5.26 Å². The average molecular weight is 545 g/mol. The first kappa shape index (κ1) is 28.7. The van der Waals surface area contributed by atoms with Crippen LogP contribution in [0.4, 0.5) is 11.8 Å². The highest BCUT2D eigenvalue weighted by molar-refractivity contribution is 5.76. The monoisotopic (exact) mass is 544 g/mol. The molecule has 40 heavy (non-hydrogen) atoms. The highest BCUT2D eigenvalue weighted by atomic mass is 16.5. The first-order valence-corrected chi connectivity index (χ1v) is 13.7. The average Bonchev–Trinajstić information content (AvgIpc) is 2.98. The number of hydrogen-bond acceptors (Lipinski definition) is 10. The van der Waals surface area contributed by atoms with E-state index in [1.165, 1.54) is 18.0 Å². The van der Waals surface area contributed by atoms with E-state index in [0.29, 0.717) is 31.7 Å². The van der Waals surface area contributed by atoms with Crippen LogP contribution in [-0.2, 0) is 17.6 Å². The molecule has 3 aromatic heterocycles. The summed E-state index contributed by atoms with van der Waals surface area (Å²) in [6.07, 6.45) is 9.86. The lowest BCUT2D eigenvalue weighted by atomic mass is 10.1. The van der Waals surface area contributed by atoms with Gasteiger partial charge >= 0.3 is 5.97 Å². The number of rotatable bonds is 15. The zero-order chi connectivity index (χ0) is 28.2. The lowest BCUT2D eigenvalue weighted by molar-refractivity contribution is -0.138. The van der Waals surface area contributed by atoms with Crippen LogP contribution >= 0.6 is 0 Å². The molecule has 11 nitrogen and oxygen atoms in total. The van der Waals surface area contributed by atoms with E-state index in [4.69, 9.17) is 15.0 Å². The van der Waals surface area contributed by atoms with Crippen molar-refractivity contribution in [2.75, 3.05) is 43.4 Å². The van der Waals surface area contributed by atoms with Gasteiger partial charge in [0.2, 0.25) is 5.95 Å². The molecule has 0 radical (unpaired) electrons. The van der Waals surface area contributed by atoms with Crippen LogP contribution in [0, 0.1) is 18.3 Å². The third kappa shape index (κ3) is 8.61. The van der Waals surface area contributed by atoms with Crippen molar-refractivity contribution in [3.8, 4) is 11.8 Å². The number of nitrogens with zero attached hydrogens (tertiary/aromatic N) is 6. The smallest absolute Gasteiger partial charge is 0.326 e. The van der Waals surface area contributed by atoms with Crippen molar-refractivity contribution in [3.05, 3.63) is 65.4 Å². The number of aryl methyl sites for hydroxylation is 3. The number of hydrogen-bond donors (Lipinski definition) is 3. The number of carboxylic acid groups (broad SMARTS) is 1. The molecule has 0 bridgehead atoms. The summed E-state index contributed by atoms with van der Waals surface area (Å²) in [5.41, 5.74) is 3.53. The Labute approximate surface area is 234 Å². The maximum atomic E-state index is 12.0. The number of aromatic nitrogens is 4. The number of pyridine rings is 2. The molecule has 3 aromatic rings. The normalized spacial score (nSPS) is 13.1. The Morgan fingerprint density at radius 2 is 2.05 bits per heavy atom. The number of carbonyl (C=O) groups is 1. The fourth-order valence-electron chi connectivity index (χ4n) is 4.58. The van der Waals surface area contributed by atoms with Crippen molar-refractivity contribution in [2.45, 2.75) is 51.5 Å². The van der Waals surface area contributed by atoms with E-state index in [1.54, 1.807) is 6.20 Å². The lowest BCUT2D eigenvalue weighted by Gasteiger charge is -2.24. The maximum Gasteiger partial charge on any atom is 0.326 e. The predicted molar refractivity (Wildman–Crippen MR) is 151 cm³/mol. The molecule has 0 fully saturated rings. The van der Waals surface area contributed by atoms with Crippen LogP contribution in [0.3, 0.4) is 0 Å². The van der Waals surface area contributed by atoms with E-state index in [0.717, 1.165) is 68.1 Å². The Kier molecular flexibility index (Phi) is 10.6. The number of aliphatic carboxylic acids is 1. The van der Waals surface area contributed by atoms with E-state index in [1.807, 2.05) is 25.1 Å². The molecule has 0 aliphatic carbocycles. The quantitative estimate of drug-likeness (QED) is 0.241. The van der Waals surface area contributed by atoms with Crippen LogP contribution in [0.5, 0.6) is 5.75 Å². The highest BCUT2D eigenvalue weighted by Gasteiger charge is 2.20. The molecule has 0 amide bonds. The Balaban J connectivity index is 1.31. The first-order valence-electron chi connectivity index (χ1n) is 13.7. The van der Waals surface area contributed by atoms with Crippen LogP contribution in [0.15, 0.2) is 42.9 Å². The van der Waals surface area contributed by atoms with Gasteiger partial charge in [0.1, 0.15) is 30.3 Å². The molecule has 210 valence electrons. The zero-order valence-corrected chi connectivity index (χ0v) is 22.8. The number of nitriles is 1. The van der Waals surface area contributed by atoms with E-state index < -0.39 is 12.0 Å². The Morgan fingerprint density at radius 1 is 1.20 bits per heavy atom. The van der Waals surface area contributed by atoms with Crippen molar-refractivity contribution in [1.82, 2.24) is 24.8 Å². The molecular formula is C29H36N8O3. The third-order valence-corrected chi connectivity index (χ3v) is 6.85. The van der Waals surface area contributed by atoms with Gasteiger partial charge in [-0.05, 0) is 75.8 Å². The standard InChI is InChI=1S/C29H36N8O3/c1-21-26(8-5-12-31-21)40-17-16-37(14-3-2-7-24-10-9-23-6-4-13-32-27(23)35-24)15-11-25(28(38)39)36-29-33-19-22(18-30)20-34-29/h5,8-10,12,19-20,25H,2-4,6-7,11,13-17H2,1H3,(H,32,35)(H,38,39)(H,33,34,36). The number of fused-ring (bicyclic) bond motifs is 1. The first-order chi connectivity index (χ1) is 19.5. The molecule has 0 saturated carbocycles. The van der Waals surface area contributed by atoms with E-state index in [9.17, 15) is 9.90 Å². The predicted octanol–water partition coefficient (Wildman–Crippen LogP) is 3.46. The molecule has 1 aliphatic heterocycles.